The number of guanidine groups is 1. The summed E-state index contributed by atoms with van der Waals surface area (Å²) in [5, 5.41) is 3.05. The van der Waals surface area contributed by atoms with E-state index >= 15 is 0 Å². The molecule has 8 nitrogen and oxygen atoms in total. The van der Waals surface area contributed by atoms with Crippen LogP contribution < -0.4 is 21.5 Å². The Bertz CT molecular complexity index is 980. The zero-order valence-electron chi connectivity index (χ0n) is 14.6. The van der Waals surface area contributed by atoms with Crippen molar-refractivity contribution in [1.82, 2.24) is 0 Å². The van der Waals surface area contributed by atoms with E-state index in [1.54, 1.807) is 37.3 Å². The summed E-state index contributed by atoms with van der Waals surface area (Å²) in [6.07, 6.45) is 1.06. The second-order valence-electron chi connectivity index (χ2n) is 5.63. The van der Waals surface area contributed by atoms with Crippen molar-refractivity contribution >= 4 is 33.1 Å². The molecule has 0 aliphatic carbocycles. The Kier molecular flexibility index (Phi) is 5.51. The van der Waals surface area contributed by atoms with Crippen LogP contribution in [0.3, 0.4) is 0 Å². The molecule has 0 spiro atoms. The van der Waals surface area contributed by atoms with Crippen molar-refractivity contribution in [3.8, 4) is 5.75 Å². The van der Waals surface area contributed by atoms with Gasteiger partial charge in [0.25, 0.3) is 5.91 Å². The summed E-state index contributed by atoms with van der Waals surface area (Å²) in [6, 6.07) is 9.85. The van der Waals surface area contributed by atoms with Crippen molar-refractivity contribution in [2.75, 3.05) is 18.7 Å². The fourth-order valence-electron chi connectivity index (χ4n) is 2.36. The van der Waals surface area contributed by atoms with Gasteiger partial charge < -0.3 is 21.5 Å². The molecule has 1 amide bonds. The van der Waals surface area contributed by atoms with Gasteiger partial charge in [0.15, 0.2) is 15.8 Å². The van der Waals surface area contributed by atoms with Crippen LogP contribution in [0.15, 0.2) is 46.3 Å². The Labute approximate surface area is 151 Å². The molecule has 138 valence electrons. The van der Waals surface area contributed by atoms with Gasteiger partial charge in [-0.1, -0.05) is 6.07 Å². The molecule has 0 aliphatic heterocycles. The van der Waals surface area contributed by atoms with Crippen molar-refractivity contribution in [1.29, 1.82) is 0 Å². The summed E-state index contributed by atoms with van der Waals surface area (Å²) in [5.74, 6) is -0.485. The number of anilines is 2. The SMILES string of the molecule is COc1cccc(Nc2cc(C)c(C(=O)N=C(N)N)cc2S(C)(=O)=O)c1. The third-order valence-corrected chi connectivity index (χ3v) is 4.67. The van der Waals surface area contributed by atoms with Crippen molar-refractivity contribution < 1.29 is 17.9 Å². The first-order valence-electron chi connectivity index (χ1n) is 7.51. The standard InChI is InChI=1S/C17H20N4O4S/c1-10-7-14(20-11-5-4-6-12(8-11)25-2)15(26(3,23)24)9-13(10)16(22)21-17(18)19/h4-9,20H,1-3H3,(H4,18,19,21,22). The number of methoxy groups -OCH3 is 1. The highest BCUT2D eigenvalue weighted by atomic mass is 32.2. The van der Waals surface area contributed by atoms with E-state index in [2.05, 4.69) is 10.3 Å². The number of ether oxygens (including phenoxy) is 1. The van der Waals surface area contributed by atoms with E-state index < -0.39 is 21.7 Å². The number of hydrogen-bond acceptors (Lipinski definition) is 5. The Morgan fingerprint density at radius 1 is 1.19 bits per heavy atom. The molecule has 2 rings (SSSR count). The smallest absolute Gasteiger partial charge is 0.280 e. The fourth-order valence-corrected chi connectivity index (χ4v) is 3.20. The van der Waals surface area contributed by atoms with Crippen LogP contribution in [-0.4, -0.2) is 33.7 Å². The number of sulfone groups is 1. The van der Waals surface area contributed by atoms with Gasteiger partial charge in [0.1, 0.15) is 5.75 Å². The van der Waals surface area contributed by atoms with E-state index in [0.29, 0.717) is 22.7 Å². The topological polar surface area (TPSA) is 137 Å². The number of amides is 1. The molecular formula is C17H20N4O4S. The van der Waals surface area contributed by atoms with Crippen molar-refractivity contribution in [3.05, 3.63) is 47.5 Å². The minimum absolute atomic E-state index is 0.0416. The lowest BCUT2D eigenvalue weighted by molar-refractivity contribution is 0.100. The predicted octanol–water partition coefficient (Wildman–Crippen LogP) is 1.56. The van der Waals surface area contributed by atoms with Crippen LogP contribution in [0.25, 0.3) is 0 Å². The summed E-state index contributed by atoms with van der Waals surface area (Å²) in [4.78, 5) is 15.6. The lowest BCUT2D eigenvalue weighted by Gasteiger charge is -2.14. The van der Waals surface area contributed by atoms with Gasteiger partial charge in [-0.2, -0.15) is 4.99 Å². The Morgan fingerprint density at radius 2 is 1.88 bits per heavy atom. The minimum Gasteiger partial charge on any atom is -0.497 e. The second kappa shape index (κ2) is 7.44. The first kappa shape index (κ1) is 19.3. The molecular weight excluding hydrogens is 356 g/mol. The fraction of sp³-hybridized carbons (Fsp3) is 0.176. The zero-order chi connectivity index (χ0) is 19.5. The van der Waals surface area contributed by atoms with Crippen LogP contribution in [0, 0.1) is 6.92 Å². The maximum absolute atomic E-state index is 12.2. The van der Waals surface area contributed by atoms with Crippen molar-refractivity contribution in [2.45, 2.75) is 11.8 Å². The number of rotatable bonds is 5. The quantitative estimate of drug-likeness (QED) is 0.532. The maximum Gasteiger partial charge on any atom is 0.280 e. The first-order valence-corrected chi connectivity index (χ1v) is 9.40. The number of nitrogens with one attached hydrogen (secondary N) is 1. The Balaban J connectivity index is 2.57. The average molecular weight is 376 g/mol. The molecule has 26 heavy (non-hydrogen) atoms. The van der Waals surface area contributed by atoms with Gasteiger partial charge in [-0.05, 0) is 36.8 Å². The second-order valence-corrected chi connectivity index (χ2v) is 7.62. The molecule has 9 heteroatoms. The first-order chi connectivity index (χ1) is 12.1. The molecule has 2 aromatic carbocycles. The van der Waals surface area contributed by atoms with Crippen molar-refractivity contribution in [2.24, 2.45) is 16.5 Å². The van der Waals surface area contributed by atoms with Gasteiger partial charge in [0.05, 0.1) is 17.7 Å². The lowest BCUT2D eigenvalue weighted by atomic mass is 10.1. The number of carbonyl (C=O) groups is 1. The monoisotopic (exact) mass is 376 g/mol. The number of aliphatic imine (C=N–C) groups is 1. The summed E-state index contributed by atoms with van der Waals surface area (Å²) >= 11 is 0. The number of carbonyl (C=O) groups excluding carboxylic acids is 1. The maximum atomic E-state index is 12.2. The van der Waals surface area contributed by atoms with Crippen LogP contribution in [0.1, 0.15) is 15.9 Å². The number of nitrogens with zero attached hydrogens (tertiary/aromatic N) is 1. The molecule has 5 N–H and O–H groups in total. The van der Waals surface area contributed by atoms with E-state index in [-0.39, 0.29) is 10.5 Å². The summed E-state index contributed by atoms with van der Waals surface area (Å²) < 4.78 is 29.6. The van der Waals surface area contributed by atoms with Crippen molar-refractivity contribution in [3.63, 3.8) is 0 Å². The van der Waals surface area contributed by atoms with Gasteiger partial charge in [0.2, 0.25) is 0 Å². The molecule has 0 heterocycles. The highest BCUT2D eigenvalue weighted by molar-refractivity contribution is 7.90. The van der Waals surface area contributed by atoms with Crippen LogP contribution in [0.2, 0.25) is 0 Å². The summed E-state index contributed by atoms with van der Waals surface area (Å²) in [6.45, 7) is 1.66. The van der Waals surface area contributed by atoms with Gasteiger partial charge >= 0.3 is 0 Å². The van der Waals surface area contributed by atoms with Gasteiger partial charge in [-0.25, -0.2) is 8.42 Å². The zero-order valence-corrected chi connectivity index (χ0v) is 15.4. The predicted molar refractivity (Wildman–Crippen MR) is 101 cm³/mol. The molecule has 0 saturated carbocycles. The molecule has 0 bridgehead atoms. The van der Waals surface area contributed by atoms with Crippen LogP contribution in [-0.2, 0) is 9.84 Å². The molecule has 0 fully saturated rings. The number of aryl methyl sites for hydroxylation is 1. The highest BCUT2D eigenvalue weighted by Gasteiger charge is 2.19. The molecule has 2 aromatic rings. The number of benzene rings is 2. The Hall–Kier alpha value is -3.07. The van der Waals surface area contributed by atoms with Gasteiger partial charge in [-0.15, -0.1) is 0 Å². The van der Waals surface area contributed by atoms with Crippen LogP contribution >= 0.6 is 0 Å². The minimum atomic E-state index is -3.63. The summed E-state index contributed by atoms with van der Waals surface area (Å²) in [7, 11) is -2.09. The molecule has 0 saturated heterocycles. The van der Waals surface area contributed by atoms with Gasteiger partial charge in [0, 0.05) is 23.6 Å². The highest BCUT2D eigenvalue weighted by Crippen LogP contribution is 2.30. The number of nitrogens with two attached hydrogens (primary N) is 2. The van der Waals surface area contributed by atoms with E-state index in [1.165, 1.54) is 13.2 Å². The van der Waals surface area contributed by atoms with E-state index in [1.807, 2.05) is 0 Å². The molecule has 0 radical (unpaired) electrons. The van der Waals surface area contributed by atoms with Gasteiger partial charge in [-0.3, -0.25) is 4.79 Å². The third kappa shape index (κ3) is 4.51. The van der Waals surface area contributed by atoms with Crippen LogP contribution in [0.4, 0.5) is 11.4 Å². The van der Waals surface area contributed by atoms with E-state index in [9.17, 15) is 13.2 Å². The van der Waals surface area contributed by atoms with E-state index in [0.717, 1.165) is 6.26 Å². The normalized spacial score (nSPS) is 10.9. The Morgan fingerprint density at radius 3 is 2.46 bits per heavy atom. The molecule has 0 aliphatic rings. The van der Waals surface area contributed by atoms with Crippen LogP contribution in [0.5, 0.6) is 5.75 Å². The molecule has 0 aromatic heterocycles. The number of hydrogen-bond donors (Lipinski definition) is 3. The van der Waals surface area contributed by atoms with E-state index in [4.69, 9.17) is 16.2 Å². The third-order valence-electron chi connectivity index (χ3n) is 3.54. The average Bonchev–Trinajstić information content (AvgIpc) is 2.53. The lowest BCUT2D eigenvalue weighted by Crippen LogP contribution is -2.24. The molecule has 0 unspecified atom stereocenters. The summed E-state index contributed by atoms with van der Waals surface area (Å²) in [5.41, 5.74) is 12.1. The largest absolute Gasteiger partial charge is 0.497 e. The molecule has 0 atom stereocenters.